The first-order valence-corrected chi connectivity index (χ1v) is 8.70. The molecular weight excluding hydrogens is 342 g/mol. The maximum atomic E-state index is 12.7. The second-order valence-electron chi connectivity index (χ2n) is 6.66. The zero-order chi connectivity index (χ0) is 17.7. The number of nitrogens with zero attached hydrogens (tertiary/aromatic N) is 2. The third-order valence-corrected chi connectivity index (χ3v) is 5.34. The van der Waals surface area contributed by atoms with Gasteiger partial charge in [-0.1, -0.05) is 16.8 Å². The summed E-state index contributed by atoms with van der Waals surface area (Å²) in [5.74, 6) is 0.724. The number of benzene rings is 1. The van der Waals surface area contributed by atoms with E-state index in [1.165, 1.54) is 19.9 Å². The lowest BCUT2D eigenvalue weighted by Gasteiger charge is -2.23. The van der Waals surface area contributed by atoms with Gasteiger partial charge in [-0.25, -0.2) is 0 Å². The molecule has 25 heavy (non-hydrogen) atoms. The summed E-state index contributed by atoms with van der Waals surface area (Å²) < 4.78 is 5.27. The second kappa shape index (κ2) is 5.88. The fourth-order valence-electron chi connectivity index (χ4n) is 3.38. The third kappa shape index (κ3) is 2.70. The van der Waals surface area contributed by atoms with Gasteiger partial charge in [0.25, 0.3) is 11.8 Å². The van der Waals surface area contributed by atoms with Gasteiger partial charge < -0.3 is 14.7 Å². The molecule has 4 rings (SSSR count). The van der Waals surface area contributed by atoms with Crippen LogP contribution in [0.3, 0.4) is 0 Å². The maximum Gasteiger partial charge on any atom is 0.273 e. The average Bonchev–Trinajstić information content (AvgIpc) is 3.23. The first-order chi connectivity index (χ1) is 12.0. The lowest BCUT2D eigenvalue weighted by atomic mass is 10.0. The van der Waals surface area contributed by atoms with Crippen molar-refractivity contribution in [2.24, 2.45) is 5.92 Å². The first-order valence-electron chi connectivity index (χ1n) is 8.32. The Balaban J connectivity index is 1.67. The van der Waals surface area contributed by atoms with Crippen LogP contribution in [0.1, 0.15) is 46.2 Å². The van der Waals surface area contributed by atoms with Gasteiger partial charge in [0, 0.05) is 31.3 Å². The molecule has 6 nitrogen and oxygen atoms in total. The molecule has 7 heteroatoms. The predicted molar refractivity (Wildman–Crippen MR) is 92.4 cm³/mol. The average molecular weight is 360 g/mol. The van der Waals surface area contributed by atoms with Crippen molar-refractivity contribution in [1.82, 2.24) is 15.4 Å². The van der Waals surface area contributed by atoms with Crippen LogP contribution in [-0.4, -0.2) is 35.0 Å². The van der Waals surface area contributed by atoms with Crippen LogP contribution in [0.4, 0.5) is 0 Å². The standard InChI is InChI=1S/C18H18ClN3O3/c1-9(10-3-4-10)22-8-12-5-11(6-13(19)16(12)18(22)24)15-7-14(21-25-15)17(23)20-2/h5-7,9-10H,3-4,8H2,1-2H3,(H,20,23). The number of halogens is 1. The van der Waals surface area contributed by atoms with Gasteiger partial charge >= 0.3 is 0 Å². The van der Waals surface area contributed by atoms with Crippen molar-refractivity contribution in [3.63, 3.8) is 0 Å². The van der Waals surface area contributed by atoms with Gasteiger partial charge in [-0.15, -0.1) is 0 Å². The van der Waals surface area contributed by atoms with E-state index >= 15 is 0 Å². The van der Waals surface area contributed by atoms with Gasteiger partial charge in [0.2, 0.25) is 0 Å². The van der Waals surface area contributed by atoms with Gasteiger partial charge in [0.05, 0.1) is 10.6 Å². The van der Waals surface area contributed by atoms with Crippen molar-refractivity contribution in [3.05, 3.63) is 40.0 Å². The Hall–Kier alpha value is -2.34. The summed E-state index contributed by atoms with van der Waals surface area (Å²) in [6.45, 7) is 2.65. The summed E-state index contributed by atoms with van der Waals surface area (Å²) in [7, 11) is 1.53. The molecule has 1 atom stereocenters. The largest absolute Gasteiger partial charge is 0.355 e. The van der Waals surface area contributed by atoms with E-state index in [4.69, 9.17) is 16.1 Å². The molecule has 1 aliphatic carbocycles. The highest BCUT2D eigenvalue weighted by Gasteiger charge is 2.39. The van der Waals surface area contributed by atoms with Crippen LogP contribution in [0.25, 0.3) is 11.3 Å². The number of fused-ring (bicyclic) bond motifs is 1. The molecule has 1 unspecified atom stereocenters. The summed E-state index contributed by atoms with van der Waals surface area (Å²) in [6.07, 6.45) is 2.36. The monoisotopic (exact) mass is 359 g/mol. The Labute approximate surface area is 150 Å². The lowest BCUT2D eigenvalue weighted by molar-refractivity contribution is 0.0697. The van der Waals surface area contributed by atoms with Crippen molar-refractivity contribution >= 4 is 23.4 Å². The fraction of sp³-hybridized carbons (Fsp3) is 0.389. The Morgan fingerprint density at radius 2 is 2.16 bits per heavy atom. The molecule has 130 valence electrons. The molecule has 1 N–H and O–H groups in total. The zero-order valence-corrected chi connectivity index (χ0v) is 14.8. The van der Waals surface area contributed by atoms with E-state index in [-0.39, 0.29) is 23.6 Å². The zero-order valence-electron chi connectivity index (χ0n) is 14.0. The van der Waals surface area contributed by atoms with E-state index in [2.05, 4.69) is 17.4 Å². The minimum Gasteiger partial charge on any atom is -0.355 e. The fourth-order valence-corrected chi connectivity index (χ4v) is 3.70. The number of carbonyl (C=O) groups is 2. The number of amides is 2. The molecule has 1 fully saturated rings. The summed E-state index contributed by atoms with van der Waals surface area (Å²) >= 11 is 6.39. The summed E-state index contributed by atoms with van der Waals surface area (Å²) in [5.41, 5.74) is 2.37. The molecule has 1 aliphatic heterocycles. The van der Waals surface area contributed by atoms with Gasteiger partial charge in [0.1, 0.15) is 0 Å². The van der Waals surface area contributed by atoms with Gasteiger partial charge in [0.15, 0.2) is 11.5 Å². The van der Waals surface area contributed by atoms with Crippen molar-refractivity contribution in [2.75, 3.05) is 7.05 Å². The summed E-state index contributed by atoms with van der Waals surface area (Å²) in [5, 5.41) is 6.67. The molecule has 0 bridgehead atoms. The van der Waals surface area contributed by atoms with Crippen LogP contribution in [0.5, 0.6) is 0 Å². The Kier molecular flexibility index (Phi) is 3.80. The van der Waals surface area contributed by atoms with Crippen molar-refractivity contribution in [3.8, 4) is 11.3 Å². The van der Waals surface area contributed by atoms with Crippen LogP contribution in [0, 0.1) is 5.92 Å². The minimum atomic E-state index is -0.318. The van der Waals surface area contributed by atoms with E-state index < -0.39 is 0 Å². The van der Waals surface area contributed by atoms with E-state index in [1.54, 1.807) is 12.1 Å². The normalized spacial score (nSPS) is 17.6. The number of aromatic nitrogens is 1. The molecular formula is C18H18ClN3O3. The van der Waals surface area contributed by atoms with Crippen molar-refractivity contribution in [1.29, 1.82) is 0 Å². The molecule has 2 aliphatic rings. The van der Waals surface area contributed by atoms with Crippen LogP contribution in [-0.2, 0) is 6.54 Å². The van der Waals surface area contributed by atoms with E-state index in [9.17, 15) is 9.59 Å². The van der Waals surface area contributed by atoms with E-state index in [0.29, 0.717) is 34.4 Å². The molecule has 1 saturated carbocycles. The van der Waals surface area contributed by atoms with Gasteiger partial charge in [-0.2, -0.15) is 0 Å². The summed E-state index contributed by atoms with van der Waals surface area (Å²) in [6, 6.07) is 5.38. The molecule has 1 aromatic carbocycles. The molecule has 2 heterocycles. The molecule has 2 aromatic rings. The lowest BCUT2D eigenvalue weighted by Crippen LogP contribution is -2.34. The van der Waals surface area contributed by atoms with Crippen LogP contribution < -0.4 is 5.32 Å². The number of nitrogens with one attached hydrogen (secondary N) is 1. The van der Waals surface area contributed by atoms with E-state index in [0.717, 1.165) is 5.56 Å². The predicted octanol–water partition coefficient (Wildman–Crippen LogP) is 3.11. The minimum absolute atomic E-state index is 0.00503. The number of hydrogen-bond donors (Lipinski definition) is 1. The Morgan fingerprint density at radius 1 is 1.40 bits per heavy atom. The molecule has 0 spiro atoms. The maximum absolute atomic E-state index is 12.7. The first kappa shape index (κ1) is 16.1. The van der Waals surface area contributed by atoms with Crippen LogP contribution in [0.15, 0.2) is 22.7 Å². The highest BCUT2D eigenvalue weighted by molar-refractivity contribution is 6.34. The molecule has 1 aromatic heterocycles. The van der Waals surface area contributed by atoms with Crippen LogP contribution >= 0.6 is 11.6 Å². The summed E-state index contributed by atoms with van der Waals surface area (Å²) in [4.78, 5) is 26.3. The SMILES string of the molecule is CNC(=O)c1cc(-c2cc(Cl)c3c(c2)CN(C(C)C2CC2)C3=O)on1. The third-order valence-electron chi connectivity index (χ3n) is 5.04. The number of rotatable bonds is 4. The molecule has 2 amide bonds. The highest BCUT2D eigenvalue weighted by atomic mass is 35.5. The topological polar surface area (TPSA) is 75.4 Å². The Morgan fingerprint density at radius 3 is 2.84 bits per heavy atom. The van der Waals surface area contributed by atoms with Crippen molar-refractivity contribution < 1.29 is 14.1 Å². The quantitative estimate of drug-likeness (QED) is 0.910. The van der Waals surface area contributed by atoms with Gasteiger partial charge in [-0.3, -0.25) is 9.59 Å². The van der Waals surface area contributed by atoms with Gasteiger partial charge in [-0.05, 0) is 43.4 Å². The van der Waals surface area contributed by atoms with Crippen LogP contribution in [0.2, 0.25) is 5.02 Å². The van der Waals surface area contributed by atoms with E-state index in [1.807, 2.05) is 11.0 Å². The molecule has 0 saturated heterocycles. The second-order valence-corrected chi connectivity index (χ2v) is 7.07. The van der Waals surface area contributed by atoms with Crippen molar-refractivity contribution in [2.45, 2.75) is 32.4 Å². The number of carbonyl (C=O) groups excluding carboxylic acids is 2. The smallest absolute Gasteiger partial charge is 0.273 e. The Bertz CT molecular complexity index is 872. The number of hydrogen-bond acceptors (Lipinski definition) is 4. The molecule has 0 radical (unpaired) electrons. The highest BCUT2D eigenvalue weighted by Crippen LogP contribution is 2.40.